The zero-order chi connectivity index (χ0) is 29.5. The van der Waals surface area contributed by atoms with Gasteiger partial charge in [-0.3, -0.25) is 10.3 Å². The number of amides is 1. The number of nitrogens with one attached hydrogen (secondary N) is 2. The van der Waals surface area contributed by atoms with E-state index in [-0.39, 0.29) is 33.3 Å². The molecule has 0 spiro atoms. The minimum atomic E-state index is -4.77. The van der Waals surface area contributed by atoms with Crippen LogP contribution < -0.4 is 10.6 Å². The van der Waals surface area contributed by atoms with Crippen LogP contribution in [0.5, 0.6) is 0 Å². The molecule has 0 atom stereocenters. The fraction of sp³-hybridized carbons (Fsp3) is 0.111. The molecule has 3 aromatic heterocycles. The van der Waals surface area contributed by atoms with E-state index in [4.69, 9.17) is 5.11 Å². The van der Waals surface area contributed by atoms with E-state index < -0.39 is 27.9 Å². The average Bonchev–Trinajstić information content (AvgIpc) is 3.32. The van der Waals surface area contributed by atoms with Crippen LogP contribution in [0.3, 0.4) is 0 Å². The average molecular weight is 583 g/mol. The second-order valence-electron chi connectivity index (χ2n) is 8.99. The summed E-state index contributed by atoms with van der Waals surface area (Å²) in [6, 6.07) is 12.0. The summed E-state index contributed by atoms with van der Waals surface area (Å²) in [6.07, 6.45) is -2.22. The smallest absolute Gasteiger partial charge is 0.416 e. The molecule has 5 aromatic rings. The van der Waals surface area contributed by atoms with Crippen LogP contribution in [0.25, 0.3) is 33.4 Å². The highest BCUT2D eigenvalue weighted by Gasteiger charge is 2.32. The van der Waals surface area contributed by atoms with Crippen LogP contribution >= 0.6 is 0 Å². The zero-order valence-electron chi connectivity index (χ0n) is 21.4. The monoisotopic (exact) mass is 582 g/mol. The molecule has 0 saturated heterocycles. The first kappa shape index (κ1) is 27.6. The first-order chi connectivity index (χ1) is 19.4. The molecule has 0 radical (unpaired) electrons. The lowest BCUT2D eigenvalue weighted by Gasteiger charge is -2.12. The number of hydrogen-bond acceptors (Lipinski definition) is 7. The van der Waals surface area contributed by atoms with Crippen molar-refractivity contribution >= 4 is 38.7 Å². The summed E-state index contributed by atoms with van der Waals surface area (Å²) in [6.45, 7) is 1.82. The Morgan fingerprint density at radius 3 is 2.39 bits per heavy atom. The molecular weight excluding hydrogens is 561 g/mol. The number of aromatic nitrogens is 4. The van der Waals surface area contributed by atoms with Gasteiger partial charge in [-0.25, -0.2) is 27.2 Å². The number of hydrogen-bond donors (Lipinski definition) is 3. The van der Waals surface area contributed by atoms with Gasteiger partial charge in [0.25, 0.3) is 10.0 Å². The summed E-state index contributed by atoms with van der Waals surface area (Å²) >= 11 is 0. The van der Waals surface area contributed by atoms with Crippen molar-refractivity contribution in [1.29, 1.82) is 0 Å². The molecular formula is C27H21F3N6O4S. The van der Waals surface area contributed by atoms with Crippen molar-refractivity contribution in [3.05, 3.63) is 84.3 Å². The van der Waals surface area contributed by atoms with Gasteiger partial charge in [-0.2, -0.15) is 13.2 Å². The Balaban J connectivity index is 1.77. The van der Waals surface area contributed by atoms with Gasteiger partial charge >= 0.3 is 12.3 Å². The summed E-state index contributed by atoms with van der Waals surface area (Å²) in [5, 5.41) is 14.2. The zero-order valence-corrected chi connectivity index (χ0v) is 22.2. The van der Waals surface area contributed by atoms with Crippen LogP contribution in [0, 0.1) is 6.92 Å². The van der Waals surface area contributed by atoms with Crippen LogP contribution in [0.2, 0.25) is 0 Å². The Hall–Kier alpha value is -4.98. The highest BCUT2D eigenvalue weighted by molar-refractivity contribution is 7.90. The van der Waals surface area contributed by atoms with Gasteiger partial charge in [0.1, 0.15) is 0 Å². The van der Waals surface area contributed by atoms with Crippen molar-refractivity contribution in [2.75, 3.05) is 17.7 Å². The molecule has 0 aliphatic rings. The van der Waals surface area contributed by atoms with Gasteiger partial charge in [0.05, 0.1) is 33.6 Å². The van der Waals surface area contributed by atoms with Gasteiger partial charge in [0.2, 0.25) is 5.95 Å². The van der Waals surface area contributed by atoms with Crippen molar-refractivity contribution in [3.63, 3.8) is 0 Å². The molecule has 0 bridgehead atoms. The van der Waals surface area contributed by atoms with E-state index in [0.717, 1.165) is 15.6 Å². The summed E-state index contributed by atoms with van der Waals surface area (Å²) in [7, 11) is -2.50. The van der Waals surface area contributed by atoms with Crippen LogP contribution in [-0.4, -0.2) is 45.6 Å². The molecule has 0 fully saturated rings. The largest absolute Gasteiger partial charge is 0.465 e. The third-order valence-electron chi connectivity index (χ3n) is 6.20. The lowest BCUT2D eigenvalue weighted by Crippen LogP contribution is -2.12. The first-order valence-electron chi connectivity index (χ1n) is 11.9. The van der Waals surface area contributed by atoms with Crippen LogP contribution in [0.1, 0.15) is 11.1 Å². The Bertz CT molecular complexity index is 1910. The number of pyridine rings is 1. The van der Waals surface area contributed by atoms with Crippen molar-refractivity contribution in [2.24, 2.45) is 0 Å². The molecule has 3 N–H and O–H groups in total. The number of carboxylic acid groups (broad SMARTS) is 1. The van der Waals surface area contributed by atoms with Gasteiger partial charge < -0.3 is 10.4 Å². The molecule has 0 aliphatic carbocycles. The maximum Gasteiger partial charge on any atom is 0.416 e. The molecule has 0 unspecified atom stereocenters. The van der Waals surface area contributed by atoms with Crippen molar-refractivity contribution in [1.82, 2.24) is 18.9 Å². The predicted molar refractivity (Wildman–Crippen MR) is 146 cm³/mol. The SMILES string of the molecule is CNc1nccc(-c2cn(S(=O)(=O)c3ccc(C)cc3)c3cnc(-c4cc(NC(=O)O)cc(C(F)(F)F)c4)cc23)n1. The van der Waals surface area contributed by atoms with E-state index >= 15 is 0 Å². The number of alkyl halides is 3. The van der Waals surface area contributed by atoms with Gasteiger partial charge in [-0.15, -0.1) is 0 Å². The van der Waals surface area contributed by atoms with Crippen molar-refractivity contribution < 1.29 is 31.5 Å². The Morgan fingerprint density at radius 1 is 1.00 bits per heavy atom. The van der Waals surface area contributed by atoms with Crippen LogP contribution in [-0.2, 0) is 16.2 Å². The molecule has 0 aliphatic heterocycles. The number of anilines is 2. The summed E-state index contributed by atoms with van der Waals surface area (Å²) in [4.78, 5) is 23.9. The molecule has 210 valence electrons. The third-order valence-corrected chi connectivity index (χ3v) is 7.89. The number of carbonyl (C=O) groups is 1. The van der Waals surface area contributed by atoms with Crippen molar-refractivity contribution in [2.45, 2.75) is 18.0 Å². The molecule has 41 heavy (non-hydrogen) atoms. The second-order valence-corrected chi connectivity index (χ2v) is 10.8. The first-order valence-corrected chi connectivity index (χ1v) is 13.4. The van der Waals surface area contributed by atoms with E-state index in [1.54, 1.807) is 25.2 Å². The third kappa shape index (κ3) is 5.41. The Kier molecular flexibility index (Phi) is 6.87. The molecule has 2 aromatic carbocycles. The molecule has 5 rings (SSSR count). The van der Waals surface area contributed by atoms with E-state index in [1.165, 1.54) is 42.9 Å². The molecule has 0 saturated carbocycles. The summed E-state index contributed by atoms with van der Waals surface area (Å²) < 4.78 is 69.4. The number of nitrogens with zero attached hydrogens (tertiary/aromatic N) is 4. The van der Waals surface area contributed by atoms with E-state index in [2.05, 4.69) is 20.3 Å². The summed E-state index contributed by atoms with van der Waals surface area (Å²) in [5.41, 5.74) is 0.344. The van der Waals surface area contributed by atoms with Gasteiger partial charge in [-0.05, 0) is 49.4 Å². The maximum atomic E-state index is 13.7. The highest BCUT2D eigenvalue weighted by Crippen LogP contribution is 2.37. The highest BCUT2D eigenvalue weighted by atomic mass is 32.2. The minimum Gasteiger partial charge on any atom is -0.465 e. The van der Waals surface area contributed by atoms with Gasteiger partial charge in [0, 0.05) is 41.6 Å². The van der Waals surface area contributed by atoms with E-state index in [0.29, 0.717) is 22.7 Å². The van der Waals surface area contributed by atoms with E-state index in [9.17, 15) is 26.4 Å². The number of fused-ring (bicyclic) bond motifs is 1. The standard InChI is InChI=1S/C27H21F3N6O4S/c1-15-3-5-19(6-4-15)41(39,40)36-14-21(22-7-8-32-25(31-2)35-22)20-12-23(33-13-24(20)36)16-9-17(27(28,29)30)11-18(10-16)34-26(37)38/h3-14,34H,1-2H3,(H,37,38)(H,31,32,35). The van der Waals surface area contributed by atoms with Gasteiger partial charge in [-0.1, -0.05) is 17.7 Å². The quantitative estimate of drug-likeness (QED) is 0.226. The fourth-order valence-electron chi connectivity index (χ4n) is 4.24. The number of aryl methyl sites for hydroxylation is 1. The Morgan fingerprint density at radius 2 is 1.73 bits per heavy atom. The predicted octanol–water partition coefficient (Wildman–Crippen LogP) is 5.86. The maximum absolute atomic E-state index is 13.7. The summed E-state index contributed by atoms with van der Waals surface area (Å²) in [5.74, 6) is 0.265. The van der Waals surface area contributed by atoms with Crippen LogP contribution in [0.15, 0.2) is 78.1 Å². The number of benzene rings is 2. The topological polar surface area (TPSA) is 139 Å². The molecule has 3 heterocycles. The lowest BCUT2D eigenvalue weighted by atomic mass is 10.0. The number of halogens is 3. The van der Waals surface area contributed by atoms with E-state index in [1.807, 2.05) is 12.2 Å². The second kappa shape index (κ2) is 10.2. The molecule has 1 amide bonds. The fourth-order valence-corrected chi connectivity index (χ4v) is 5.60. The molecule has 10 nitrogen and oxygen atoms in total. The van der Waals surface area contributed by atoms with Gasteiger partial charge in [0.15, 0.2) is 0 Å². The molecule has 14 heteroatoms. The Labute approximate surface area is 231 Å². The normalized spacial score (nSPS) is 11.9. The minimum absolute atomic E-state index is 0.0245. The lowest BCUT2D eigenvalue weighted by molar-refractivity contribution is -0.137. The van der Waals surface area contributed by atoms with Crippen molar-refractivity contribution in [3.8, 4) is 22.5 Å². The number of rotatable bonds is 6. The van der Waals surface area contributed by atoms with Crippen LogP contribution in [0.4, 0.5) is 29.6 Å².